The van der Waals surface area contributed by atoms with Gasteiger partial charge in [-0.15, -0.1) is 11.6 Å². The maximum atomic E-state index is 12.2. The van der Waals surface area contributed by atoms with Crippen LogP contribution in [-0.2, 0) is 5.88 Å². The number of carbonyl (C=O) groups is 1. The predicted molar refractivity (Wildman–Crippen MR) is 97.6 cm³/mol. The minimum Gasteiger partial charge on any atom is -0.423 e. The van der Waals surface area contributed by atoms with Gasteiger partial charge in [0.15, 0.2) is 0 Å². The van der Waals surface area contributed by atoms with Crippen molar-refractivity contribution in [1.29, 1.82) is 5.26 Å². The van der Waals surface area contributed by atoms with Crippen molar-refractivity contribution in [3.05, 3.63) is 89.5 Å². The van der Waals surface area contributed by atoms with E-state index in [0.29, 0.717) is 22.8 Å². The summed E-state index contributed by atoms with van der Waals surface area (Å²) in [6, 6.07) is 23.6. The Hall–Kier alpha value is -3.09. The van der Waals surface area contributed by atoms with Gasteiger partial charge in [0, 0.05) is 5.88 Å². The molecule has 0 bridgehead atoms. The summed E-state index contributed by atoms with van der Waals surface area (Å²) < 4.78 is 5.31. The van der Waals surface area contributed by atoms with Crippen LogP contribution in [0.2, 0.25) is 0 Å². The van der Waals surface area contributed by atoms with Crippen molar-refractivity contribution in [2.24, 2.45) is 0 Å². The van der Waals surface area contributed by atoms with Gasteiger partial charge in [-0.1, -0.05) is 36.4 Å². The Balaban J connectivity index is 1.72. The van der Waals surface area contributed by atoms with Crippen molar-refractivity contribution < 1.29 is 9.53 Å². The third-order valence-electron chi connectivity index (χ3n) is 3.76. The van der Waals surface area contributed by atoms with Crippen LogP contribution >= 0.6 is 11.6 Å². The number of carbonyl (C=O) groups excluding carboxylic acids is 1. The molecule has 122 valence electrons. The lowest BCUT2D eigenvalue weighted by molar-refractivity contribution is 0.0735. The van der Waals surface area contributed by atoms with Gasteiger partial charge in [0.2, 0.25) is 0 Å². The molecule has 0 aromatic heterocycles. The number of rotatable bonds is 4. The summed E-state index contributed by atoms with van der Waals surface area (Å²) in [4.78, 5) is 12.2. The van der Waals surface area contributed by atoms with E-state index in [9.17, 15) is 4.79 Å². The molecule has 0 amide bonds. The van der Waals surface area contributed by atoms with Gasteiger partial charge in [-0.3, -0.25) is 0 Å². The highest BCUT2D eigenvalue weighted by atomic mass is 35.5. The highest BCUT2D eigenvalue weighted by Gasteiger charge is 2.09. The van der Waals surface area contributed by atoms with E-state index in [1.54, 1.807) is 36.4 Å². The van der Waals surface area contributed by atoms with Crippen molar-refractivity contribution >= 4 is 17.6 Å². The zero-order valence-corrected chi connectivity index (χ0v) is 14.0. The fourth-order valence-electron chi connectivity index (χ4n) is 2.35. The van der Waals surface area contributed by atoms with E-state index in [2.05, 4.69) is 0 Å². The highest BCUT2D eigenvalue weighted by Crippen LogP contribution is 2.22. The van der Waals surface area contributed by atoms with Crippen LogP contribution in [0.5, 0.6) is 5.75 Å². The van der Waals surface area contributed by atoms with Crippen LogP contribution in [0.4, 0.5) is 0 Å². The molecule has 0 aliphatic carbocycles. The number of nitrogens with zero attached hydrogens (tertiary/aromatic N) is 1. The van der Waals surface area contributed by atoms with Crippen LogP contribution in [0.1, 0.15) is 21.5 Å². The van der Waals surface area contributed by atoms with Crippen molar-refractivity contribution in [3.8, 4) is 22.9 Å². The van der Waals surface area contributed by atoms with Gasteiger partial charge >= 0.3 is 5.97 Å². The first-order valence-electron chi connectivity index (χ1n) is 7.67. The Bertz CT molecular complexity index is 908. The van der Waals surface area contributed by atoms with E-state index in [-0.39, 0.29) is 0 Å². The molecule has 0 fully saturated rings. The summed E-state index contributed by atoms with van der Waals surface area (Å²) in [6.45, 7) is 0. The Kier molecular flexibility index (Phi) is 5.13. The number of benzene rings is 3. The number of ether oxygens (including phenoxy) is 1. The third-order valence-corrected chi connectivity index (χ3v) is 4.06. The Morgan fingerprint density at radius 1 is 0.880 bits per heavy atom. The van der Waals surface area contributed by atoms with Gasteiger partial charge in [-0.2, -0.15) is 5.26 Å². The molecule has 0 radical (unpaired) electrons. The maximum absolute atomic E-state index is 12.2. The van der Waals surface area contributed by atoms with Crippen LogP contribution in [0.15, 0.2) is 72.8 Å². The summed E-state index contributed by atoms with van der Waals surface area (Å²) in [5.41, 5.74) is 4.11. The molecule has 3 nitrogen and oxygen atoms in total. The normalized spacial score (nSPS) is 10.1. The SMILES string of the molecule is N#Cc1ccc(OC(=O)c2ccc(-c3ccc(CCl)cc3)cc2)cc1. The van der Waals surface area contributed by atoms with Crippen molar-refractivity contribution in [1.82, 2.24) is 0 Å². The molecule has 25 heavy (non-hydrogen) atoms. The van der Waals surface area contributed by atoms with Crippen molar-refractivity contribution in [3.63, 3.8) is 0 Å². The predicted octanol–water partition coefficient (Wildman–Crippen LogP) is 5.18. The number of esters is 1. The van der Waals surface area contributed by atoms with Crippen LogP contribution < -0.4 is 4.74 Å². The van der Waals surface area contributed by atoms with E-state index in [4.69, 9.17) is 21.6 Å². The quantitative estimate of drug-likeness (QED) is 0.371. The van der Waals surface area contributed by atoms with E-state index in [1.807, 2.05) is 42.5 Å². The molecule has 3 aromatic carbocycles. The minimum atomic E-state index is -0.436. The molecule has 3 aromatic rings. The van der Waals surface area contributed by atoms with Gasteiger partial charge in [0.25, 0.3) is 0 Å². The molecule has 0 N–H and O–H groups in total. The van der Waals surface area contributed by atoms with Crippen LogP contribution in [0, 0.1) is 11.3 Å². The lowest BCUT2D eigenvalue weighted by atomic mass is 10.0. The molecule has 4 heteroatoms. The Morgan fingerprint density at radius 3 is 1.96 bits per heavy atom. The first kappa shape index (κ1) is 16.8. The molecule has 0 aliphatic rings. The fraction of sp³-hybridized carbons (Fsp3) is 0.0476. The summed E-state index contributed by atoms with van der Waals surface area (Å²) in [7, 11) is 0. The fourth-order valence-corrected chi connectivity index (χ4v) is 2.53. The number of hydrogen-bond acceptors (Lipinski definition) is 3. The Morgan fingerprint density at radius 2 is 1.44 bits per heavy atom. The van der Waals surface area contributed by atoms with Crippen LogP contribution in [-0.4, -0.2) is 5.97 Å². The molecule has 0 saturated carbocycles. The zero-order valence-electron chi connectivity index (χ0n) is 13.3. The summed E-state index contributed by atoms with van der Waals surface area (Å²) in [5.74, 6) is 0.457. The molecular weight excluding hydrogens is 334 g/mol. The second-order valence-corrected chi connectivity index (χ2v) is 5.70. The average Bonchev–Trinajstić information content (AvgIpc) is 2.69. The van der Waals surface area contributed by atoms with Gasteiger partial charge in [0.1, 0.15) is 5.75 Å². The molecule has 0 aliphatic heterocycles. The number of halogens is 1. The van der Waals surface area contributed by atoms with Gasteiger partial charge in [-0.05, 0) is 53.1 Å². The van der Waals surface area contributed by atoms with Crippen LogP contribution in [0.25, 0.3) is 11.1 Å². The van der Waals surface area contributed by atoms with E-state index < -0.39 is 5.97 Å². The molecule has 0 unspecified atom stereocenters. The molecule has 0 spiro atoms. The minimum absolute atomic E-state index is 0.407. The summed E-state index contributed by atoms with van der Waals surface area (Å²) >= 11 is 5.80. The summed E-state index contributed by atoms with van der Waals surface area (Å²) in [6.07, 6.45) is 0. The van der Waals surface area contributed by atoms with Crippen LogP contribution in [0.3, 0.4) is 0 Å². The molecular formula is C21H14ClNO2. The molecule has 0 heterocycles. The average molecular weight is 348 g/mol. The van der Waals surface area contributed by atoms with Gasteiger partial charge in [0.05, 0.1) is 17.2 Å². The van der Waals surface area contributed by atoms with E-state index >= 15 is 0 Å². The first-order valence-corrected chi connectivity index (χ1v) is 8.21. The van der Waals surface area contributed by atoms with E-state index in [1.165, 1.54) is 0 Å². The third kappa shape index (κ3) is 4.06. The summed E-state index contributed by atoms with van der Waals surface area (Å²) in [5, 5.41) is 8.77. The highest BCUT2D eigenvalue weighted by molar-refractivity contribution is 6.17. The number of hydrogen-bond donors (Lipinski definition) is 0. The Labute approximate surface area is 151 Å². The molecule has 3 rings (SSSR count). The van der Waals surface area contributed by atoms with E-state index in [0.717, 1.165) is 16.7 Å². The lowest BCUT2D eigenvalue weighted by Gasteiger charge is -2.06. The van der Waals surface area contributed by atoms with Gasteiger partial charge < -0.3 is 4.74 Å². The number of alkyl halides is 1. The second kappa shape index (κ2) is 7.65. The zero-order chi connectivity index (χ0) is 17.6. The maximum Gasteiger partial charge on any atom is 0.343 e. The first-order chi connectivity index (χ1) is 12.2. The van der Waals surface area contributed by atoms with Crippen molar-refractivity contribution in [2.75, 3.05) is 0 Å². The largest absolute Gasteiger partial charge is 0.423 e. The topological polar surface area (TPSA) is 50.1 Å². The monoisotopic (exact) mass is 347 g/mol. The lowest BCUT2D eigenvalue weighted by Crippen LogP contribution is -2.08. The van der Waals surface area contributed by atoms with Crippen molar-refractivity contribution in [2.45, 2.75) is 5.88 Å². The van der Waals surface area contributed by atoms with Gasteiger partial charge in [-0.25, -0.2) is 4.79 Å². The molecule has 0 saturated heterocycles. The molecule has 0 atom stereocenters. The standard InChI is InChI=1S/C21H14ClNO2/c22-13-15-1-5-17(6-2-15)18-7-9-19(10-8-18)21(24)25-20-11-3-16(14-23)4-12-20/h1-12H,13H2. The number of nitriles is 1. The smallest absolute Gasteiger partial charge is 0.343 e. The second-order valence-electron chi connectivity index (χ2n) is 5.43.